The van der Waals surface area contributed by atoms with Crippen molar-refractivity contribution in [2.24, 2.45) is 11.8 Å². The van der Waals surface area contributed by atoms with Gasteiger partial charge in [-0.15, -0.1) is 0 Å². The number of carboxylic acid groups (broad SMARTS) is 1. The highest BCUT2D eigenvalue weighted by molar-refractivity contribution is 5.85. The van der Waals surface area contributed by atoms with E-state index in [0.29, 0.717) is 18.6 Å². The summed E-state index contributed by atoms with van der Waals surface area (Å²) in [5.74, 6) is -1.56. The summed E-state index contributed by atoms with van der Waals surface area (Å²) in [5.41, 5.74) is 0. The van der Waals surface area contributed by atoms with Gasteiger partial charge in [-0.2, -0.15) is 0 Å². The van der Waals surface area contributed by atoms with Crippen LogP contribution in [0.3, 0.4) is 0 Å². The van der Waals surface area contributed by atoms with E-state index in [0.717, 1.165) is 0 Å². The fourth-order valence-corrected chi connectivity index (χ4v) is 3.58. The van der Waals surface area contributed by atoms with Crippen molar-refractivity contribution < 1.29 is 23.8 Å². The maximum Gasteiger partial charge on any atom is 0.326 e. The number of para-hydroxylation sites is 1. The molecule has 3 rings (SSSR count). The highest BCUT2D eigenvalue weighted by Gasteiger charge is 2.53. The van der Waals surface area contributed by atoms with E-state index in [4.69, 9.17) is 4.74 Å². The number of carbonyl (C=O) groups is 2. The van der Waals surface area contributed by atoms with E-state index in [-0.39, 0.29) is 25.0 Å². The Kier molecular flexibility index (Phi) is 4.00. The molecule has 5 nitrogen and oxygen atoms in total. The van der Waals surface area contributed by atoms with E-state index in [1.165, 1.54) is 4.90 Å². The molecule has 118 valence electrons. The minimum absolute atomic E-state index is 0.166. The zero-order chi connectivity index (χ0) is 15.7. The number of nitrogens with zero attached hydrogens (tertiary/aromatic N) is 1. The van der Waals surface area contributed by atoms with Gasteiger partial charge in [0.2, 0.25) is 0 Å². The molecule has 1 aromatic carbocycles. The summed E-state index contributed by atoms with van der Waals surface area (Å²) in [6, 6.07) is 7.91. The van der Waals surface area contributed by atoms with Crippen LogP contribution in [0.2, 0.25) is 0 Å². The Balaban J connectivity index is 1.67. The summed E-state index contributed by atoms with van der Waals surface area (Å²) in [7, 11) is 0. The largest absolute Gasteiger partial charge is 0.484 e. The summed E-state index contributed by atoms with van der Waals surface area (Å²) in [6.07, 6.45) is -0.104. The number of alkyl halides is 1. The first-order chi connectivity index (χ1) is 10.6. The van der Waals surface area contributed by atoms with Gasteiger partial charge < -0.3 is 14.7 Å². The van der Waals surface area contributed by atoms with Crippen molar-refractivity contribution in [2.45, 2.75) is 25.1 Å². The van der Waals surface area contributed by atoms with Crippen LogP contribution in [-0.2, 0) is 9.59 Å². The molecule has 0 spiro atoms. The van der Waals surface area contributed by atoms with E-state index in [2.05, 4.69) is 0 Å². The number of hydrogen-bond donors (Lipinski definition) is 1. The molecule has 6 heteroatoms. The maximum atomic E-state index is 13.8. The first kappa shape index (κ1) is 14.8. The molecule has 0 aromatic heterocycles. The van der Waals surface area contributed by atoms with Gasteiger partial charge in [-0.05, 0) is 30.9 Å². The number of hydrogen-bond acceptors (Lipinski definition) is 3. The van der Waals surface area contributed by atoms with E-state index in [1.54, 1.807) is 24.3 Å². The lowest BCUT2D eigenvalue weighted by Gasteiger charge is -2.24. The second-order valence-electron chi connectivity index (χ2n) is 5.85. The Labute approximate surface area is 127 Å². The van der Waals surface area contributed by atoms with E-state index < -0.39 is 24.1 Å². The van der Waals surface area contributed by atoms with Gasteiger partial charge in [-0.3, -0.25) is 4.79 Å². The smallest absolute Gasteiger partial charge is 0.326 e. The summed E-state index contributed by atoms with van der Waals surface area (Å²) in [4.78, 5) is 25.0. The van der Waals surface area contributed by atoms with Gasteiger partial charge in [-0.25, -0.2) is 9.18 Å². The average Bonchev–Trinajstić information content (AvgIpc) is 3.06. The molecule has 1 amide bonds. The third kappa shape index (κ3) is 2.65. The zero-order valence-electron chi connectivity index (χ0n) is 12.0. The van der Waals surface area contributed by atoms with Crippen molar-refractivity contribution in [1.29, 1.82) is 0 Å². The Morgan fingerprint density at radius 3 is 2.64 bits per heavy atom. The Morgan fingerprint density at radius 2 is 1.95 bits per heavy atom. The molecular weight excluding hydrogens is 289 g/mol. The quantitative estimate of drug-likeness (QED) is 0.920. The van der Waals surface area contributed by atoms with E-state index >= 15 is 0 Å². The van der Waals surface area contributed by atoms with Crippen molar-refractivity contribution in [1.82, 2.24) is 4.90 Å². The minimum Gasteiger partial charge on any atom is -0.484 e. The molecule has 2 fully saturated rings. The van der Waals surface area contributed by atoms with Gasteiger partial charge in [0.05, 0.1) is 0 Å². The number of carboxylic acids is 1. The molecule has 22 heavy (non-hydrogen) atoms. The van der Waals surface area contributed by atoms with Crippen LogP contribution in [-0.4, -0.2) is 47.2 Å². The van der Waals surface area contributed by atoms with Crippen LogP contribution in [0.4, 0.5) is 4.39 Å². The van der Waals surface area contributed by atoms with Gasteiger partial charge in [0, 0.05) is 12.5 Å². The van der Waals surface area contributed by atoms with Crippen LogP contribution in [0.5, 0.6) is 5.75 Å². The number of rotatable bonds is 4. The molecule has 4 atom stereocenters. The van der Waals surface area contributed by atoms with Crippen molar-refractivity contribution >= 4 is 11.9 Å². The normalized spacial score (nSPS) is 30.1. The lowest BCUT2D eigenvalue weighted by atomic mass is 9.93. The van der Waals surface area contributed by atoms with Crippen molar-refractivity contribution in [3.63, 3.8) is 0 Å². The predicted octanol–water partition coefficient (Wildman–Crippen LogP) is 1.73. The fourth-order valence-electron chi connectivity index (χ4n) is 3.58. The topological polar surface area (TPSA) is 66.8 Å². The van der Waals surface area contributed by atoms with Gasteiger partial charge in [0.25, 0.3) is 5.91 Å². The molecule has 0 radical (unpaired) electrons. The van der Waals surface area contributed by atoms with Gasteiger partial charge in [0.15, 0.2) is 6.61 Å². The fraction of sp³-hybridized carbons (Fsp3) is 0.500. The zero-order valence-corrected chi connectivity index (χ0v) is 12.0. The Morgan fingerprint density at radius 1 is 1.23 bits per heavy atom. The van der Waals surface area contributed by atoms with Crippen LogP contribution in [0.15, 0.2) is 30.3 Å². The highest BCUT2D eigenvalue weighted by atomic mass is 19.1. The average molecular weight is 307 g/mol. The molecule has 1 aromatic rings. The highest BCUT2D eigenvalue weighted by Crippen LogP contribution is 2.43. The molecule has 4 unspecified atom stereocenters. The van der Waals surface area contributed by atoms with Crippen molar-refractivity contribution in [3.8, 4) is 5.75 Å². The Bertz CT molecular complexity index is 565. The lowest BCUT2D eigenvalue weighted by Crippen LogP contribution is -2.45. The van der Waals surface area contributed by atoms with Gasteiger partial charge in [0.1, 0.15) is 18.0 Å². The standard InChI is InChI=1S/C16H18FNO4/c17-13-7-6-11-12(13)8-18(15(11)16(20)21)14(19)9-22-10-4-2-1-3-5-10/h1-5,11-13,15H,6-9H2,(H,20,21). The molecule has 1 N–H and O–H groups in total. The molecule has 1 saturated carbocycles. The SMILES string of the molecule is O=C(O)C1C2CCC(F)C2CN1C(=O)COc1ccccc1. The van der Waals surface area contributed by atoms with Crippen LogP contribution in [0, 0.1) is 11.8 Å². The molecule has 1 aliphatic carbocycles. The van der Waals surface area contributed by atoms with Gasteiger partial charge >= 0.3 is 5.97 Å². The van der Waals surface area contributed by atoms with E-state index in [9.17, 15) is 19.1 Å². The number of aliphatic carboxylic acids is 1. The Hall–Kier alpha value is -2.11. The number of amides is 1. The number of likely N-dealkylation sites (tertiary alicyclic amines) is 1. The molecule has 1 saturated heterocycles. The number of carbonyl (C=O) groups excluding carboxylic acids is 1. The number of halogens is 1. The molecule has 1 aliphatic heterocycles. The molecular formula is C16H18FNO4. The van der Waals surface area contributed by atoms with Crippen molar-refractivity contribution in [2.75, 3.05) is 13.2 Å². The minimum atomic E-state index is -1.06. The van der Waals surface area contributed by atoms with Gasteiger partial charge in [-0.1, -0.05) is 18.2 Å². The second-order valence-corrected chi connectivity index (χ2v) is 5.85. The molecule has 1 heterocycles. The summed E-state index contributed by atoms with van der Waals surface area (Å²) in [5, 5.41) is 9.39. The van der Waals surface area contributed by atoms with E-state index in [1.807, 2.05) is 6.07 Å². The van der Waals surface area contributed by atoms with Crippen LogP contribution < -0.4 is 4.74 Å². The number of fused-ring (bicyclic) bond motifs is 1. The predicted molar refractivity (Wildman–Crippen MR) is 76.2 cm³/mol. The maximum absolute atomic E-state index is 13.8. The first-order valence-electron chi connectivity index (χ1n) is 7.42. The second kappa shape index (κ2) is 5.94. The van der Waals surface area contributed by atoms with Crippen LogP contribution >= 0.6 is 0 Å². The number of ether oxygens (including phenoxy) is 1. The third-order valence-electron chi connectivity index (χ3n) is 4.62. The third-order valence-corrected chi connectivity index (χ3v) is 4.62. The van der Waals surface area contributed by atoms with Crippen LogP contribution in [0.25, 0.3) is 0 Å². The number of benzene rings is 1. The lowest BCUT2D eigenvalue weighted by molar-refractivity contribution is -0.150. The van der Waals surface area contributed by atoms with Crippen molar-refractivity contribution in [3.05, 3.63) is 30.3 Å². The summed E-state index contributed by atoms with van der Waals surface area (Å²) < 4.78 is 19.2. The monoisotopic (exact) mass is 307 g/mol. The molecule has 0 bridgehead atoms. The summed E-state index contributed by atoms with van der Waals surface area (Å²) in [6.45, 7) is -0.0655. The summed E-state index contributed by atoms with van der Waals surface area (Å²) >= 11 is 0. The van der Waals surface area contributed by atoms with Crippen LogP contribution in [0.1, 0.15) is 12.8 Å². The first-order valence-corrected chi connectivity index (χ1v) is 7.42. The molecule has 2 aliphatic rings.